The SMILES string of the molecule is N#Cc1cc(F)cc(-n2c(C3CCCN3)nc3cccc(Cl)c3c2=O)c1. The molecule has 4 rings (SSSR count). The van der Waals surface area contributed by atoms with Crippen molar-refractivity contribution in [2.24, 2.45) is 0 Å². The van der Waals surface area contributed by atoms with Crippen LogP contribution < -0.4 is 10.9 Å². The number of nitrogens with one attached hydrogen (secondary N) is 1. The van der Waals surface area contributed by atoms with Crippen LogP contribution in [0.5, 0.6) is 0 Å². The molecule has 1 atom stereocenters. The molecule has 1 fully saturated rings. The second kappa shape index (κ2) is 6.52. The van der Waals surface area contributed by atoms with E-state index in [1.807, 2.05) is 6.07 Å². The van der Waals surface area contributed by atoms with E-state index in [1.165, 1.54) is 16.7 Å². The van der Waals surface area contributed by atoms with Gasteiger partial charge in [0.1, 0.15) is 11.6 Å². The molecule has 130 valence electrons. The number of benzene rings is 2. The van der Waals surface area contributed by atoms with Crippen LogP contribution in [0.25, 0.3) is 16.6 Å². The van der Waals surface area contributed by atoms with Gasteiger partial charge in [-0.25, -0.2) is 9.37 Å². The summed E-state index contributed by atoms with van der Waals surface area (Å²) in [5.41, 5.74) is 0.527. The quantitative estimate of drug-likeness (QED) is 0.751. The van der Waals surface area contributed by atoms with Crippen molar-refractivity contribution < 1.29 is 4.39 Å². The molecule has 1 aliphatic heterocycles. The summed E-state index contributed by atoms with van der Waals surface area (Å²) in [5, 5.41) is 13.0. The molecule has 2 aromatic carbocycles. The third-order valence-electron chi connectivity index (χ3n) is 4.51. The van der Waals surface area contributed by atoms with Crippen LogP contribution in [-0.2, 0) is 0 Å². The highest BCUT2D eigenvalue weighted by atomic mass is 35.5. The molecular formula is C19H14ClFN4O. The van der Waals surface area contributed by atoms with Crippen molar-refractivity contribution in [3.63, 3.8) is 0 Å². The molecule has 5 nitrogen and oxygen atoms in total. The Bertz CT molecular complexity index is 1110. The van der Waals surface area contributed by atoms with Crippen molar-refractivity contribution in [1.29, 1.82) is 5.26 Å². The predicted octanol–water partition coefficient (Wildman–Crippen LogP) is 3.47. The maximum atomic E-state index is 14.0. The minimum Gasteiger partial charge on any atom is -0.307 e. The maximum Gasteiger partial charge on any atom is 0.267 e. The molecule has 26 heavy (non-hydrogen) atoms. The first-order valence-electron chi connectivity index (χ1n) is 8.24. The lowest BCUT2D eigenvalue weighted by Crippen LogP contribution is -2.29. The molecule has 1 aromatic heterocycles. The average Bonchev–Trinajstić information content (AvgIpc) is 3.15. The van der Waals surface area contributed by atoms with Crippen LogP contribution in [0.4, 0.5) is 4.39 Å². The molecule has 1 N–H and O–H groups in total. The summed E-state index contributed by atoms with van der Waals surface area (Å²) in [6, 6.07) is 10.7. The lowest BCUT2D eigenvalue weighted by molar-refractivity contribution is 0.581. The Morgan fingerprint density at radius 1 is 1.35 bits per heavy atom. The van der Waals surface area contributed by atoms with E-state index in [4.69, 9.17) is 16.9 Å². The van der Waals surface area contributed by atoms with E-state index in [-0.39, 0.29) is 33.3 Å². The molecule has 1 unspecified atom stereocenters. The summed E-state index contributed by atoms with van der Waals surface area (Å²) in [6.45, 7) is 0.820. The minimum atomic E-state index is -0.587. The first-order chi connectivity index (χ1) is 12.6. The first kappa shape index (κ1) is 16.7. The molecule has 1 saturated heterocycles. The second-order valence-electron chi connectivity index (χ2n) is 6.20. The second-order valence-corrected chi connectivity index (χ2v) is 6.61. The Kier molecular flexibility index (Phi) is 4.19. The Balaban J connectivity index is 2.09. The van der Waals surface area contributed by atoms with Crippen LogP contribution in [0.15, 0.2) is 41.2 Å². The van der Waals surface area contributed by atoms with Gasteiger partial charge in [-0.2, -0.15) is 5.26 Å². The fourth-order valence-electron chi connectivity index (χ4n) is 3.36. The predicted molar refractivity (Wildman–Crippen MR) is 97.0 cm³/mol. The van der Waals surface area contributed by atoms with E-state index in [2.05, 4.69) is 10.3 Å². The van der Waals surface area contributed by atoms with Gasteiger partial charge in [-0.05, 0) is 49.7 Å². The van der Waals surface area contributed by atoms with E-state index in [0.29, 0.717) is 11.3 Å². The van der Waals surface area contributed by atoms with Crippen LogP contribution in [0.2, 0.25) is 5.02 Å². The molecule has 0 spiro atoms. The zero-order chi connectivity index (χ0) is 18.3. The fraction of sp³-hybridized carbons (Fsp3) is 0.211. The highest BCUT2D eigenvalue weighted by Crippen LogP contribution is 2.27. The van der Waals surface area contributed by atoms with Gasteiger partial charge in [0.2, 0.25) is 0 Å². The molecule has 3 aromatic rings. The lowest BCUT2D eigenvalue weighted by atomic mass is 10.1. The van der Waals surface area contributed by atoms with Crippen LogP contribution in [0, 0.1) is 17.1 Å². The van der Waals surface area contributed by atoms with Gasteiger partial charge >= 0.3 is 0 Å². The Morgan fingerprint density at radius 2 is 2.19 bits per heavy atom. The standard InChI is InChI=1S/C19H14ClFN4O/c20-14-3-1-4-15-17(14)19(26)25(18(24-15)16-5-2-6-23-16)13-8-11(10-22)7-12(21)9-13/h1,3-4,7-9,16,23H,2,5-6H2. The zero-order valence-electron chi connectivity index (χ0n) is 13.7. The minimum absolute atomic E-state index is 0.125. The molecule has 0 saturated carbocycles. The number of nitrogens with zero attached hydrogens (tertiary/aromatic N) is 3. The summed E-state index contributed by atoms with van der Waals surface area (Å²) in [6.07, 6.45) is 1.78. The summed E-state index contributed by atoms with van der Waals surface area (Å²) in [4.78, 5) is 17.9. The third-order valence-corrected chi connectivity index (χ3v) is 4.83. The van der Waals surface area contributed by atoms with E-state index < -0.39 is 5.82 Å². The maximum absolute atomic E-state index is 14.0. The van der Waals surface area contributed by atoms with Crippen LogP contribution in [0.1, 0.15) is 30.3 Å². The van der Waals surface area contributed by atoms with Gasteiger partial charge in [-0.1, -0.05) is 17.7 Å². The van der Waals surface area contributed by atoms with Gasteiger partial charge in [-0.15, -0.1) is 0 Å². The monoisotopic (exact) mass is 368 g/mol. The molecule has 1 aliphatic rings. The summed E-state index contributed by atoms with van der Waals surface area (Å²) < 4.78 is 15.4. The molecule has 0 radical (unpaired) electrons. The lowest BCUT2D eigenvalue weighted by Gasteiger charge is -2.18. The van der Waals surface area contributed by atoms with Crippen molar-refractivity contribution in [3.05, 3.63) is 69.0 Å². The number of aromatic nitrogens is 2. The molecule has 0 aliphatic carbocycles. The Labute approximate surface area is 153 Å². The van der Waals surface area contributed by atoms with Gasteiger partial charge in [0.05, 0.1) is 39.3 Å². The van der Waals surface area contributed by atoms with Crippen LogP contribution in [0.3, 0.4) is 0 Å². The number of rotatable bonds is 2. The normalized spacial score (nSPS) is 16.7. The first-order valence-corrected chi connectivity index (χ1v) is 8.62. The highest BCUT2D eigenvalue weighted by molar-refractivity contribution is 6.35. The number of nitriles is 1. The summed E-state index contributed by atoms with van der Waals surface area (Å²) >= 11 is 6.23. The van der Waals surface area contributed by atoms with Crippen molar-refractivity contribution in [1.82, 2.24) is 14.9 Å². The van der Waals surface area contributed by atoms with E-state index in [1.54, 1.807) is 18.2 Å². The van der Waals surface area contributed by atoms with Crippen molar-refractivity contribution in [2.75, 3.05) is 6.54 Å². The smallest absolute Gasteiger partial charge is 0.267 e. The fourth-order valence-corrected chi connectivity index (χ4v) is 3.61. The summed E-state index contributed by atoms with van der Waals surface area (Å²) in [5.74, 6) is -0.0905. The Hall–Kier alpha value is -2.75. The van der Waals surface area contributed by atoms with Gasteiger partial charge < -0.3 is 5.32 Å². The van der Waals surface area contributed by atoms with Crippen molar-refractivity contribution >= 4 is 22.5 Å². The van der Waals surface area contributed by atoms with E-state index in [9.17, 15) is 9.18 Å². The topological polar surface area (TPSA) is 70.7 Å². The van der Waals surface area contributed by atoms with Gasteiger partial charge in [0.25, 0.3) is 5.56 Å². The van der Waals surface area contributed by atoms with E-state index >= 15 is 0 Å². The average molecular weight is 369 g/mol. The Morgan fingerprint density at radius 3 is 2.92 bits per heavy atom. The van der Waals surface area contributed by atoms with Crippen molar-refractivity contribution in [3.8, 4) is 11.8 Å². The van der Waals surface area contributed by atoms with Crippen LogP contribution >= 0.6 is 11.6 Å². The molecular weight excluding hydrogens is 355 g/mol. The van der Waals surface area contributed by atoms with Gasteiger partial charge in [0, 0.05) is 0 Å². The largest absolute Gasteiger partial charge is 0.307 e. The molecule has 7 heteroatoms. The molecule has 0 amide bonds. The van der Waals surface area contributed by atoms with Gasteiger partial charge in [-0.3, -0.25) is 9.36 Å². The molecule has 0 bridgehead atoms. The highest BCUT2D eigenvalue weighted by Gasteiger charge is 2.24. The van der Waals surface area contributed by atoms with E-state index in [0.717, 1.165) is 25.5 Å². The summed E-state index contributed by atoms with van der Waals surface area (Å²) in [7, 11) is 0. The van der Waals surface area contributed by atoms with Crippen molar-refractivity contribution in [2.45, 2.75) is 18.9 Å². The molecule has 2 heterocycles. The van der Waals surface area contributed by atoms with Gasteiger partial charge in [0.15, 0.2) is 0 Å². The number of halogens is 2. The van der Waals surface area contributed by atoms with Crippen LogP contribution in [-0.4, -0.2) is 16.1 Å². The number of hydrogen-bond donors (Lipinski definition) is 1. The number of fused-ring (bicyclic) bond motifs is 1. The third kappa shape index (κ3) is 2.75. The number of hydrogen-bond acceptors (Lipinski definition) is 4. The zero-order valence-corrected chi connectivity index (χ0v) is 14.4.